The Hall–Kier alpha value is -0.810. The Morgan fingerprint density at radius 3 is 3.00 bits per heavy atom. The zero-order valence-electron chi connectivity index (χ0n) is 10.4. The van der Waals surface area contributed by atoms with Crippen LogP contribution in [0.15, 0.2) is 0 Å². The summed E-state index contributed by atoms with van der Waals surface area (Å²) in [5, 5.41) is 9.12. The smallest absolute Gasteiger partial charge is 0.407 e. The molecule has 0 aromatic heterocycles. The van der Waals surface area contributed by atoms with Gasteiger partial charge >= 0.3 is 6.09 Å². The number of amides is 1. The number of ether oxygens (including phenoxy) is 2. The highest BCUT2D eigenvalue weighted by molar-refractivity contribution is 5.66. The Morgan fingerprint density at radius 1 is 1.53 bits per heavy atom. The predicted molar refractivity (Wildman–Crippen MR) is 61.9 cm³/mol. The van der Waals surface area contributed by atoms with Crippen LogP contribution in [-0.4, -0.2) is 47.7 Å². The topological polar surface area (TPSA) is 59.0 Å². The van der Waals surface area contributed by atoms with E-state index >= 15 is 0 Å². The van der Waals surface area contributed by atoms with Gasteiger partial charge in [-0.3, -0.25) is 0 Å². The number of likely N-dealkylation sites (tertiary alicyclic amines) is 1. The lowest BCUT2D eigenvalue weighted by Crippen LogP contribution is -2.48. The second kappa shape index (κ2) is 5.23. The highest BCUT2D eigenvalue weighted by Gasteiger charge is 2.40. The zero-order valence-corrected chi connectivity index (χ0v) is 10.4. The Balaban J connectivity index is 1.85. The van der Waals surface area contributed by atoms with Crippen molar-refractivity contribution in [1.29, 1.82) is 0 Å². The molecule has 2 rings (SSSR count). The van der Waals surface area contributed by atoms with Crippen LogP contribution in [0, 0.1) is 0 Å². The maximum Gasteiger partial charge on any atom is 0.407 e. The van der Waals surface area contributed by atoms with Crippen LogP contribution < -0.4 is 0 Å². The molecule has 0 aliphatic carbocycles. The van der Waals surface area contributed by atoms with Gasteiger partial charge in [0.2, 0.25) is 0 Å². The molecule has 0 aromatic rings. The average molecular weight is 243 g/mol. The molecular formula is C12H21NO4. The molecule has 2 unspecified atom stereocenters. The van der Waals surface area contributed by atoms with Crippen LogP contribution in [0.4, 0.5) is 4.79 Å². The van der Waals surface area contributed by atoms with E-state index in [0.29, 0.717) is 13.2 Å². The molecule has 2 aliphatic rings. The lowest BCUT2D eigenvalue weighted by atomic mass is 10.0. The van der Waals surface area contributed by atoms with Crippen molar-refractivity contribution in [3.05, 3.63) is 0 Å². The maximum atomic E-state index is 11.1. The van der Waals surface area contributed by atoms with Crippen LogP contribution in [0.5, 0.6) is 0 Å². The fourth-order valence-electron chi connectivity index (χ4n) is 2.61. The van der Waals surface area contributed by atoms with Gasteiger partial charge < -0.3 is 19.5 Å². The molecule has 0 radical (unpaired) electrons. The molecule has 2 fully saturated rings. The molecule has 0 spiro atoms. The van der Waals surface area contributed by atoms with Crippen molar-refractivity contribution >= 4 is 6.09 Å². The molecule has 2 aliphatic heterocycles. The molecule has 0 saturated carbocycles. The summed E-state index contributed by atoms with van der Waals surface area (Å²) in [6.45, 7) is 3.76. The number of nitrogens with zero attached hydrogens (tertiary/aromatic N) is 1. The first-order valence-electron chi connectivity index (χ1n) is 6.36. The fraction of sp³-hybridized carbons (Fsp3) is 0.917. The van der Waals surface area contributed by atoms with E-state index in [0.717, 1.165) is 38.7 Å². The van der Waals surface area contributed by atoms with Crippen molar-refractivity contribution in [2.45, 2.75) is 50.9 Å². The Kier molecular flexibility index (Phi) is 3.89. The summed E-state index contributed by atoms with van der Waals surface area (Å²) in [5.41, 5.74) is -0.382. The number of hydrogen-bond acceptors (Lipinski definition) is 3. The maximum absolute atomic E-state index is 11.1. The van der Waals surface area contributed by atoms with Gasteiger partial charge in [0.15, 0.2) is 6.29 Å². The molecule has 1 amide bonds. The third-order valence-corrected chi connectivity index (χ3v) is 3.70. The average Bonchev–Trinajstić information content (AvgIpc) is 2.71. The largest absolute Gasteiger partial charge is 0.465 e. The minimum atomic E-state index is -0.849. The molecule has 1 N–H and O–H groups in total. The SMILES string of the molecule is CC1(COC2CCCCO2)CCCN1C(=O)O. The third-order valence-electron chi connectivity index (χ3n) is 3.70. The molecule has 2 saturated heterocycles. The summed E-state index contributed by atoms with van der Waals surface area (Å²) in [4.78, 5) is 12.6. The van der Waals surface area contributed by atoms with Crippen molar-refractivity contribution in [1.82, 2.24) is 4.90 Å². The van der Waals surface area contributed by atoms with Crippen LogP contribution in [0.1, 0.15) is 39.0 Å². The van der Waals surface area contributed by atoms with E-state index in [1.54, 1.807) is 0 Å². The van der Waals surface area contributed by atoms with Crippen LogP contribution in [0.3, 0.4) is 0 Å². The van der Waals surface area contributed by atoms with E-state index in [1.165, 1.54) is 4.90 Å². The molecule has 2 atom stereocenters. The van der Waals surface area contributed by atoms with Crippen molar-refractivity contribution in [2.24, 2.45) is 0 Å². The summed E-state index contributed by atoms with van der Waals surface area (Å²) in [6, 6.07) is 0. The predicted octanol–water partition coefficient (Wildman–Crippen LogP) is 2.06. The molecular weight excluding hydrogens is 222 g/mol. The van der Waals surface area contributed by atoms with Gasteiger partial charge in [-0.2, -0.15) is 0 Å². The van der Waals surface area contributed by atoms with Crippen molar-refractivity contribution < 1.29 is 19.4 Å². The standard InChI is InChI=1S/C12H21NO4/c1-12(6-4-7-13(12)11(14)15)9-17-10-5-2-3-8-16-10/h10H,2-9H2,1H3,(H,14,15). The first kappa shape index (κ1) is 12.6. The van der Waals surface area contributed by atoms with Gasteiger partial charge in [0, 0.05) is 13.2 Å². The van der Waals surface area contributed by atoms with Gasteiger partial charge in [0.25, 0.3) is 0 Å². The van der Waals surface area contributed by atoms with Crippen LogP contribution in [0.2, 0.25) is 0 Å². The van der Waals surface area contributed by atoms with Gasteiger partial charge in [0.05, 0.1) is 12.1 Å². The fourth-order valence-corrected chi connectivity index (χ4v) is 2.61. The van der Waals surface area contributed by atoms with Crippen LogP contribution >= 0.6 is 0 Å². The van der Waals surface area contributed by atoms with Crippen molar-refractivity contribution in [3.8, 4) is 0 Å². The van der Waals surface area contributed by atoms with E-state index in [9.17, 15) is 4.79 Å². The summed E-state index contributed by atoms with van der Waals surface area (Å²) in [7, 11) is 0. The van der Waals surface area contributed by atoms with E-state index in [4.69, 9.17) is 14.6 Å². The summed E-state index contributed by atoms with van der Waals surface area (Å²) in [5.74, 6) is 0. The quantitative estimate of drug-likeness (QED) is 0.824. The van der Waals surface area contributed by atoms with E-state index in [-0.39, 0.29) is 11.8 Å². The molecule has 5 nitrogen and oxygen atoms in total. The van der Waals surface area contributed by atoms with Crippen LogP contribution in [-0.2, 0) is 9.47 Å². The van der Waals surface area contributed by atoms with Gasteiger partial charge in [-0.1, -0.05) is 0 Å². The monoisotopic (exact) mass is 243 g/mol. The van der Waals surface area contributed by atoms with Crippen molar-refractivity contribution in [2.75, 3.05) is 19.8 Å². The molecule has 0 bridgehead atoms. The Morgan fingerprint density at radius 2 is 2.35 bits per heavy atom. The highest BCUT2D eigenvalue weighted by atomic mass is 16.7. The number of rotatable bonds is 3. The lowest BCUT2D eigenvalue weighted by Gasteiger charge is -2.34. The Bertz CT molecular complexity index is 278. The van der Waals surface area contributed by atoms with E-state index < -0.39 is 6.09 Å². The molecule has 5 heteroatoms. The zero-order chi connectivity index (χ0) is 12.3. The first-order valence-corrected chi connectivity index (χ1v) is 6.36. The summed E-state index contributed by atoms with van der Waals surface area (Å²) >= 11 is 0. The highest BCUT2D eigenvalue weighted by Crippen LogP contribution is 2.30. The number of carbonyl (C=O) groups is 1. The van der Waals surface area contributed by atoms with Gasteiger partial charge in [-0.25, -0.2) is 4.79 Å². The van der Waals surface area contributed by atoms with E-state index in [2.05, 4.69) is 0 Å². The summed E-state index contributed by atoms with van der Waals surface area (Å²) in [6.07, 6.45) is 3.94. The van der Waals surface area contributed by atoms with Gasteiger partial charge in [-0.15, -0.1) is 0 Å². The second-order valence-corrected chi connectivity index (χ2v) is 5.14. The normalized spacial score (nSPS) is 33.9. The molecule has 0 aromatic carbocycles. The molecule has 2 heterocycles. The third kappa shape index (κ3) is 2.90. The molecule has 98 valence electrons. The van der Waals surface area contributed by atoms with Gasteiger partial charge in [0.1, 0.15) is 0 Å². The lowest BCUT2D eigenvalue weighted by molar-refractivity contribution is -0.176. The summed E-state index contributed by atoms with van der Waals surface area (Å²) < 4.78 is 11.2. The Labute approximate surface area is 102 Å². The number of hydrogen-bond donors (Lipinski definition) is 1. The molecule has 17 heavy (non-hydrogen) atoms. The van der Waals surface area contributed by atoms with Crippen molar-refractivity contribution in [3.63, 3.8) is 0 Å². The minimum absolute atomic E-state index is 0.142. The first-order chi connectivity index (χ1) is 8.12. The van der Waals surface area contributed by atoms with Gasteiger partial charge in [-0.05, 0) is 39.0 Å². The minimum Gasteiger partial charge on any atom is -0.465 e. The second-order valence-electron chi connectivity index (χ2n) is 5.14. The van der Waals surface area contributed by atoms with Crippen LogP contribution in [0.25, 0.3) is 0 Å². The number of carboxylic acid groups (broad SMARTS) is 1. The van der Waals surface area contributed by atoms with E-state index in [1.807, 2.05) is 6.92 Å².